The minimum absolute atomic E-state index is 0.00424. The Hall–Kier alpha value is -1.99. The van der Waals surface area contributed by atoms with Gasteiger partial charge in [0.05, 0.1) is 24.9 Å². The lowest BCUT2D eigenvalue weighted by molar-refractivity contribution is -0.138. The van der Waals surface area contributed by atoms with Gasteiger partial charge in [0.2, 0.25) is 0 Å². The lowest BCUT2D eigenvalue weighted by atomic mass is 10.3. The number of hydrogen-bond donors (Lipinski definition) is 2. The van der Waals surface area contributed by atoms with E-state index in [1.54, 1.807) is 0 Å². The number of anilines is 1. The first-order valence-electron chi connectivity index (χ1n) is 4.98. The summed E-state index contributed by atoms with van der Waals surface area (Å²) in [5.41, 5.74) is 7.40. The quantitative estimate of drug-likeness (QED) is 0.282. The summed E-state index contributed by atoms with van der Waals surface area (Å²) in [4.78, 5) is 15.9. The third kappa shape index (κ3) is 4.01. The highest BCUT2D eigenvalue weighted by atomic mass is 35.5. The van der Waals surface area contributed by atoms with E-state index in [2.05, 4.69) is 15.1 Å². The Bertz CT molecular complexity index is 508. The zero-order valence-electron chi connectivity index (χ0n) is 10.2. The van der Waals surface area contributed by atoms with Crippen molar-refractivity contribution in [2.45, 2.75) is 0 Å². The predicted molar refractivity (Wildman–Crippen MR) is 66.7 cm³/mol. The first-order chi connectivity index (χ1) is 8.99. The summed E-state index contributed by atoms with van der Waals surface area (Å²) in [5, 5.41) is 0.00424. The van der Waals surface area contributed by atoms with Crippen LogP contribution >= 0.6 is 11.6 Å². The molecular formula is C11H12ClFN2O4. The second-order valence-electron chi connectivity index (χ2n) is 3.25. The molecule has 3 N–H and O–H groups in total. The van der Waals surface area contributed by atoms with E-state index in [-0.39, 0.29) is 22.2 Å². The highest BCUT2D eigenvalue weighted by Gasteiger charge is 2.12. The van der Waals surface area contributed by atoms with Crippen LogP contribution < -0.4 is 16.0 Å². The van der Waals surface area contributed by atoms with E-state index < -0.39 is 11.8 Å². The van der Waals surface area contributed by atoms with E-state index in [4.69, 9.17) is 22.1 Å². The molecule has 0 bridgehead atoms. The molecule has 0 saturated carbocycles. The van der Waals surface area contributed by atoms with Gasteiger partial charge in [-0.2, -0.15) is 0 Å². The van der Waals surface area contributed by atoms with Crippen molar-refractivity contribution in [3.05, 3.63) is 34.9 Å². The first-order valence-corrected chi connectivity index (χ1v) is 5.36. The highest BCUT2D eigenvalue weighted by molar-refractivity contribution is 6.32. The van der Waals surface area contributed by atoms with Gasteiger partial charge >= 0.3 is 5.97 Å². The van der Waals surface area contributed by atoms with Crippen molar-refractivity contribution in [2.75, 3.05) is 20.0 Å². The summed E-state index contributed by atoms with van der Waals surface area (Å²) in [6.45, 7) is 0. The Morgan fingerprint density at radius 2 is 2.16 bits per heavy atom. The molecule has 0 heterocycles. The van der Waals surface area contributed by atoms with Crippen molar-refractivity contribution in [3.63, 3.8) is 0 Å². The molecule has 0 unspecified atom stereocenters. The molecule has 19 heavy (non-hydrogen) atoms. The number of rotatable bonds is 5. The molecule has 1 aromatic carbocycles. The van der Waals surface area contributed by atoms with E-state index in [0.717, 1.165) is 12.3 Å². The number of carbonyl (C=O) groups is 1. The summed E-state index contributed by atoms with van der Waals surface area (Å²) in [7, 11) is 2.50. The maximum absolute atomic E-state index is 13.1. The maximum Gasteiger partial charge on any atom is 0.359 e. The number of methoxy groups -OCH3 is 1. The molecule has 104 valence electrons. The topological polar surface area (TPSA) is 82.8 Å². The third-order valence-electron chi connectivity index (χ3n) is 1.97. The average Bonchev–Trinajstić information content (AvgIpc) is 2.39. The van der Waals surface area contributed by atoms with Crippen molar-refractivity contribution < 1.29 is 23.5 Å². The van der Waals surface area contributed by atoms with Crippen molar-refractivity contribution >= 4 is 23.3 Å². The molecule has 0 atom stereocenters. The number of benzene rings is 1. The van der Waals surface area contributed by atoms with Gasteiger partial charge in [-0.05, 0) is 6.07 Å². The van der Waals surface area contributed by atoms with Crippen LogP contribution in [-0.4, -0.2) is 20.2 Å². The Balaban J connectivity index is 2.94. The standard InChI is InChI=1S/C11H12ClFN2O4/c1-17-11(16)9(15-18-2)5-19-10-4-8(14)7(13)3-6(10)12/h3-5,15H,14H2,1-2H3. The SMILES string of the molecule is CONC(=COc1cc(N)c(F)cc1Cl)C(=O)OC. The number of hydrogen-bond acceptors (Lipinski definition) is 6. The minimum Gasteiger partial charge on any atom is -0.464 e. The van der Waals surface area contributed by atoms with Crippen LogP contribution in [0, 0.1) is 5.82 Å². The van der Waals surface area contributed by atoms with Crippen LogP contribution in [0.3, 0.4) is 0 Å². The summed E-state index contributed by atoms with van der Waals surface area (Å²) in [6, 6.07) is 2.19. The number of halogens is 2. The van der Waals surface area contributed by atoms with Crippen LogP contribution in [0.2, 0.25) is 5.02 Å². The Morgan fingerprint density at radius 3 is 2.74 bits per heavy atom. The van der Waals surface area contributed by atoms with Gasteiger partial charge in [0, 0.05) is 6.07 Å². The molecule has 0 aliphatic carbocycles. The van der Waals surface area contributed by atoms with Crippen LogP contribution in [-0.2, 0) is 14.4 Å². The fourth-order valence-corrected chi connectivity index (χ4v) is 1.29. The molecule has 0 aromatic heterocycles. The lowest BCUT2D eigenvalue weighted by Gasteiger charge is -2.08. The van der Waals surface area contributed by atoms with Crippen LogP contribution in [0.4, 0.5) is 10.1 Å². The zero-order valence-corrected chi connectivity index (χ0v) is 11.0. The molecule has 8 heteroatoms. The molecular weight excluding hydrogens is 279 g/mol. The van der Waals surface area contributed by atoms with E-state index in [9.17, 15) is 9.18 Å². The van der Waals surface area contributed by atoms with Crippen LogP contribution in [0.15, 0.2) is 24.1 Å². The van der Waals surface area contributed by atoms with Crippen molar-refractivity contribution in [1.82, 2.24) is 5.48 Å². The monoisotopic (exact) mass is 290 g/mol. The fraction of sp³-hybridized carbons (Fsp3) is 0.182. The van der Waals surface area contributed by atoms with Gasteiger partial charge in [0.1, 0.15) is 17.8 Å². The predicted octanol–water partition coefficient (Wildman–Crippen LogP) is 1.61. The van der Waals surface area contributed by atoms with E-state index in [1.807, 2.05) is 0 Å². The zero-order chi connectivity index (χ0) is 14.4. The van der Waals surface area contributed by atoms with Gasteiger partial charge < -0.3 is 15.2 Å². The molecule has 0 amide bonds. The molecule has 1 aromatic rings. The molecule has 0 fully saturated rings. The number of hydroxylamine groups is 1. The van der Waals surface area contributed by atoms with Crippen LogP contribution in [0.5, 0.6) is 5.75 Å². The molecule has 0 radical (unpaired) electrons. The van der Waals surface area contributed by atoms with Crippen molar-refractivity contribution in [1.29, 1.82) is 0 Å². The molecule has 1 rings (SSSR count). The number of nitrogen functional groups attached to an aromatic ring is 1. The van der Waals surface area contributed by atoms with Crippen LogP contribution in [0.1, 0.15) is 0 Å². The number of nitrogens with two attached hydrogens (primary N) is 1. The summed E-state index contributed by atoms with van der Waals surface area (Å²) < 4.78 is 22.7. The highest BCUT2D eigenvalue weighted by Crippen LogP contribution is 2.29. The maximum atomic E-state index is 13.1. The number of ether oxygens (including phenoxy) is 2. The fourth-order valence-electron chi connectivity index (χ4n) is 1.09. The van der Waals surface area contributed by atoms with Gasteiger partial charge in [-0.3, -0.25) is 10.3 Å². The second kappa shape index (κ2) is 6.81. The Morgan fingerprint density at radius 1 is 1.47 bits per heavy atom. The molecule has 0 aliphatic heterocycles. The molecule has 6 nitrogen and oxygen atoms in total. The van der Waals surface area contributed by atoms with Gasteiger partial charge in [-0.25, -0.2) is 9.18 Å². The molecule has 0 saturated heterocycles. The average molecular weight is 291 g/mol. The Labute approximate surface area is 113 Å². The summed E-state index contributed by atoms with van der Waals surface area (Å²) in [6.07, 6.45) is 1.01. The normalized spacial score (nSPS) is 11.1. The number of carbonyl (C=O) groups excluding carboxylic acids is 1. The van der Waals surface area contributed by atoms with E-state index in [1.165, 1.54) is 20.3 Å². The summed E-state index contributed by atoms with van der Waals surface area (Å²) >= 11 is 5.76. The first kappa shape index (κ1) is 15.1. The summed E-state index contributed by atoms with van der Waals surface area (Å²) in [5.74, 6) is -1.29. The van der Waals surface area contributed by atoms with E-state index >= 15 is 0 Å². The number of esters is 1. The third-order valence-corrected chi connectivity index (χ3v) is 2.27. The largest absolute Gasteiger partial charge is 0.464 e. The molecule has 0 aliphatic rings. The Kier molecular flexibility index (Phi) is 5.40. The lowest BCUT2D eigenvalue weighted by Crippen LogP contribution is -2.21. The second-order valence-corrected chi connectivity index (χ2v) is 3.66. The number of nitrogens with one attached hydrogen (secondary N) is 1. The van der Waals surface area contributed by atoms with Gasteiger partial charge in [0.15, 0.2) is 5.70 Å². The minimum atomic E-state index is -0.715. The van der Waals surface area contributed by atoms with E-state index in [0.29, 0.717) is 0 Å². The van der Waals surface area contributed by atoms with Crippen LogP contribution in [0.25, 0.3) is 0 Å². The van der Waals surface area contributed by atoms with Crippen molar-refractivity contribution in [3.8, 4) is 5.75 Å². The van der Waals surface area contributed by atoms with Gasteiger partial charge in [-0.1, -0.05) is 11.6 Å². The smallest absolute Gasteiger partial charge is 0.359 e. The van der Waals surface area contributed by atoms with Gasteiger partial charge in [-0.15, -0.1) is 0 Å². The van der Waals surface area contributed by atoms with Gasteiger partial charge in [0.25, 0.3) is 0 Å². The molecule has 0 spiro atoms. The van der Waals surface area contributed by atoms with Crippen molar-refractivity contribution in [2.24, 2.45) is 0 Å².